The van der Waals surface area contributed by atoms with Gasteiger partial charge in [0.15, 0.2) is 0 Å². The number of furan rings is 1. The molecule has 1 aromatic carbocycles. The van der Waals surface area contributed by atoms with Crippen LogP contribution in [-0.2, 0) is 13.1 Å². The van der Waals surface area contributed by atoms with Gasteiger partial charge in [-0.15, -0.1) is 0 Å². The van der Waals surface area contributed by atoms with Gasteiger partial charge in [-0.25, -0.2) is 0 Å². The quantitative estimate of drug-likeness (QED) is 0.551. The number of carbonyl (C=O) groups excluding carboxylic acids is 1. The van der Waals surface area contributed by atoms with Crippen LogP contribution in [0.15, 0.2) is 71.7 Å². The van der Waals surface area contributed by atoms with Crippen LogP contribution in [0.5, 0.6) is 0 Å². The summed E-state index contributed by atoms with van der Waals surface area (Å²) in [4.78, 5) is 12.9. The number of amides is 1. The molecule has 0 saturated carbocycles. The van der Waals surface area contributed by atoms with Gasteiger partial charge in [-0.05, 0) is 36.2 Å². The first-order chi connectivity index (χ1) is 14.2. The van der Waals surface area contributed by atoms with Crippen molar-refractivity contribution >= 4 is 5.91 Å². The second-order valence-electron chi connectivity index (χ2n) is 6.57. The van der Waals surface area contributed by atoms with Gasteiger partial charge in [-0.3, -0.25) is 14.0 Å². The third kappa shape index (κ3) is 3.69. The molecule has 0 unspecified atom stereocenters. The van der Waals surface area contributed by atoms with Crippen molar-refractivity contribution in [2.24, 2.45) is 0 Å². The topological polar surface area (TPSA) is 88.8 Å². The Morgan fingerprint density at radius 2 is 1.90 bits per heavy atom. The van der Waals surface area contributed by atoms with Crippen molar-refractivity contribution in [3.63, 3.8) is 0 Å². The molecule has 0 aliphatic carbocycles. The Labute approximate surface area is 167 Å². The Morgan fingerprint density at radius 3 is 2.59 bits per heavy atom. The molecule has 0 spiro atoms. The molecular formula is C22H19N5O2. The lowest BCUT2D eigenvalue weighted by Crippen LogP contribution is -2.24. The van der Waals surface area contributed by atoms with Crippen LogP contribution in [0.3, 0.4) is 0 Å². The molecule has 0 bridgehead atoms. The van der Waals surface area contributed by atoms with E-state index in [1.165, 1.54) is 0 Å². The highest BCUT2D eigenvalue weighted by Crippen LogP contribution is 2.25. The van der Waals surface area contributed by atoms with E-state index in [0.717, 1.165) is 11.1 Å². The number of benzene rings is 1. The highest BCUT2D eigenvalue weighted by atomic mass is 16.4. The molecule has 0 atom stereocenters. The van der Waals surface area contributed by atoms with E-state index in [0.29, 0.717) is 24.7 Å². The first kappa shape index (κ1) is 18.3. The smallest absolute Gasteiger partial charge is 0.256 e. The molecule has 1 amide bonds. The van der Waals surface area contributed by atoms with Gasteiger partial charge in [0.2, 0.25) is 5.88 Å². The SMILES string of the molecule is Cc1oc(-n2cccc2)c(C#N)c1C(=O)NCc1ccccc1Cn1cccn1. The first-order valence-corrected chi connectivity index (χ1v) is 9.16. The van der Waals surface area contributed by atoms with E-state index < -0.39 is 0 Å². The summed E-state index contributed by atoms with van der Waals surface area (Å²) >= 11 is 0. The summed E-state index contributed by atoms with van der Waals surface area (Å²) in [5, 5.41) is 16.8. The number of hydrogen-bond donors (Lipinski definition) is 1. The molecular weight excluding hydrogens is 366 g/mol. The van der Waals surface area contributed by atoms with Crippen LogP contribution in [0.1, 0.15) is 32.8 Å². The van der Waals surface area contributed by atoms with Crippen LogP contribution in [0.2, 0.25) is 0 Å². The maximum Gasteiger partial charge on any atom is 0.256 e. The monoisotopic (exact) mass is 385 g/mol. The summed E-state index contributed by atoms with van der Waals surface area (Å²) < 4.78 is 9.23. The summed E-state index contributed by atoms with van der Waals surface area (Å²) in [6, 6.07) is 15.5. The summed E-state index contributed by atoms with van der Waals surface area (Å²) in [6.07, 6.45) is 7.17. The predicted molar refractivity (Wildman–Crippen MR) is 106 cm³/mol. The average Bonchev–Trinajstić information content (AvgIpc) is 3.48. The number of carbonyl (C=O) groups is 1. The molecule has 3 heterocycles. The Hall–Kier alpha value is -4.05. The second-order valence-corrected chi connectivity index (χ2v) is 6.57. The minimum atomic E-state index is -0.338. The molecule has 4 aromatic rings. The molecule has 7 heteroatoms. The molecule has 4 rings (SSSR count). The zero-order valence-electron chi connectivity index (χ0n) is 15.9. The van der Waals surface area contributed by atoms with Crippen LogP contribution < -0.4 is 5.32 Å². The minimum absolute atomic E-state index is 0.223. The van der Waals surface area contributed by atoms with Gasteiger partial charge in [-0.2, -0.15) is 10.4 Å². The molecule has 3 aromatic heterocycles. The molecule has 1 N–H and O–H groups in total. The van der Waals surface area contributed by atoms with Crippen LogP contribution >= 0.6 is 0 Å². The highest BCUT2D eigenvalue weighted by Gasteiger charge is 2.24. The van der Waals surface area contributed by atoms with Gasteiger partial charge in [0.25, 0.3) is 5.91 Å². The zero-order valence-corrected chi connectivity index (χ0v) is 15.9. The normalized spacial score (nSPS) is 10.6. The van der Waals surface area contributed by atoms with Crippen molar-refractivity contribution in [3.05, 3.63) is 95.3 Å². The Kier molecular flexibility index (Phi) is 4.99. The maximum absolute atomic E-state index is 12.9. The lowest BCUT2D eigenvalue weighted by Gasteiger charge is -2.11. The molecule has 144 valence electrons. The third-order valence-corrected chi connectivity index (χ3v) is 4.69. The molecule has 0 aliphatic heterocycles. The van der Waals surface area contributed by atoms with E-state index in [-0.39, 0.29) is 17.0 Å². The van der Waals surface area contributed by atoms with Gasteiger partial charge in [-0.1, -0.05) is 24.3 Å². The first-order valence-electron chi connectivity index (χ1n) is 9.16. The number of nitrogens with zero attached hydrogens (tertiary/aromatic N) is 4. The van der Waals surface area contributed by atoms with Crippen molar-refractivity contribution in [2.45, 2.75) is 20.0 Å². The standard InChI is InChI=1S/C22H19N5O2/c1-16-20(19(13-23)22(29-16)26-10-4-5-11-26)21(28)24-14-17-7-2-3-8-18(17)15-27-12-6-9-25-27/h2-12H,14-15H2,1H3,(H,24,28). The number of nitrogens with one attached hydrogen (secondary N) is 1. The maximum atomic E-state index is 12.9. The van der Waals surface area contributed by atoms with E-state index >= 15 is 0 Å². The molecule has 0 fully saturated rings. The van der Waals surface area contributed by atoms with E-state index in [4.69, 9.17) is 4.42 Å². The second kappa shape index (κ2) is 7.90. The van der Waals surface area contributed by atoms with Crippen LogP contribution in [-0.4, -0.2) is 20.3 Å². The fourth-order valence-electron chi connectivity index (χ4n) is 3.28. The highest BCUT2D eigenvalue weighted by molar-refractivity contribution is 5.98. The van der Waals surface area contributed by atoms with Crippen molar-refractivity contribution in [2.75, 3.05) is 0 Å². The van der Waals surface area contributed by atoms with E-state index in [9.17, 15) is 10.1 Å². The predicted octanol–water partition coefficient (Wildman–Crippen LogP) is 3.43. The van der Waals surface area contributed by atoms with Crippen molar-refractivity contribution in [1.29, 1.82) is 5.26 Å². The van der Waals surface area contributed by atoms with Crippen molar-refractivity contribution in [1.82, 2.24) is 19.7 Å². The van der Waals surface area contributed by atoms with Gasteiger partial charge in [0.05, 0.1) is 6.54 Å². The van der Waals surface area contributed by atoms with Crippen LogP contribution in [0.4, 0.5) is 0 Å². The molecule has 29 heavy (non-hydrogen) atoms. The van der Waals surface area contributed by atoms with Crippen molar-refractivity contribution in [3.8, 4) is 12.0 Å². The third-order valence-electron chi connectivity index (χ3n) is 4.69. The summed E-state index contributed by atoms with van der Waals surface area (Å²) in [5.41, 5.74) is 2.54. The number of nitriles is 1. The lowest BCUT2D eigenvalue weighted by molar-refractivity contribution is 0.0949. The molecule has 0 aliphatic rings. The summed E-state index contributed by atoms with van der Waals surface area (Å²) in [7, 11) is 0. The molecule has 0 radical (unpaired) electrons. The number of hydrogen-bond acceptors (Lipinski definition) is 4. The van der Waals surface area contributed by atoms with Gasteiger partial charge in [0.1, 0.15) is 23.0 Å². The summed E-state index contributed by atoms with van der Waals surface area (Å²) in [5.74, 6) is 0.418. The molecule has 0 saturated heterocycles. The Morgan fingerprint density at radius 1 is 1.14 bits per heavy atom. The van der Waals surface area contributed by atoms with Gasteiger partial charge >= 0.3 is 0 Å². The summed E-state index contributed by atoms with van der Waals surface area (Å²) in [6.45, 7) is 2.64. The fourth-order valence-corrected chi connectivity index (χ4v) is 3.28. The number of aromatic nitrogens is 3. The molecule has 7 nitrogen and oxygen atoms in total. The average molecular weight is 385 g/mol. The zero-order chi connectivity index (χ0) is 20.2. The lowest BCUT2D eigenvalue weighted by atomic mass is 10.1. The number of aryl methyl sites for hydroxylation is 1. The number of rotatable bonds is 6. The van der Waals surface area contributed by atoms with E-state index in [1.54, 1.807) is 30.1 Å². The Balaban J connectivity index is 1.55. The Bertz CT molecular complexity index is 1160. The van der Waals surface area contributed by atoms with Crippen LogP contribution in [0.25, 0.3) is 5.88 Å². The van der Waals surface area contributed by atoms with Crippen molar-refractivity contribution < 1.29 is 9.21 Å². The van der Waals surface area contributed by atoms with Gasteiger partial charge < -0.3 is 9.73 Å². The van der Waals surface area contributed by atoms with E-state index in [2.05, 4.69) is 16.5 Å². The van der Waals surface area contributed by atoms with E-state index in [1.807, 2.05) is 53.3 Å². The minimum Gasteiger partial charge on any atom is -0.443 e. The van der Waals surface area contributed by atoms with Gasteiger partial charge in [0, 0.05) is 31.3 Å². The fraction of sp³-hybridized carbons (Fsp3) is 0.136. The largest absolute Gasteiger partial charge is 0.443 e. The van der Waals surface area contributed by atoms with Crippen LogP contribution in [0, 0.1) is 18.3 Å².